The molecule has 1 N–H and O–H groups in total. The van der Waals surface area contributed by atoms with Crippen LogP contribution in [-0.2, 0) is 0 Å². The zero-order valence-electron chi connectivity index (χ0n) is 16.8. The van der Waals surface area contributed by atoms with Crippen molar-refractivity contribution in [2.75, 3.05) is 14.2 Å². The summed E-state index contributed by atoms with van der Waals surface area (Å²) >= 11 is 3.33. The van der Waals surface area contributed by atoms with Crippen molar-refractivity contribution in [3.05, 3.63) is 87.9 Å². The maximum Gasteiger partial charge on any atom is 0.343 e. The predicted octanol–water partition coefficient (Wildman–Crippen LogP) is 4.45. The van der Waals surface area contributed by atoms with E-state index in [-0.39, 0.29) is 0 Å². The van der Waals surface area contributed by atoms with Crippen LogP contribution in [0.5, 0.6) is 17.2 Å². The Balaban J connectivity index is 1.58. The Morgan fingerprint density at radius 3 is 2.23 bits per heavy atom. The number of nitrogens with zero attached hydrogens (tertiary/aromatic N) is 1. The lowest BCUT2D eigenvalue weighted by molar-refractivity contribution is 0.0734. The summed E-state index contributed by atoms with van der Waals surface area (Å²) in [4.78, 5) is 24.5. The summed E-state index contributed by atoms with van der Waals surface area (Å²) in [5.41, 5.74) is 3.95. The lowest BCUT2D eigenvalue weighted by atomic mass is 10.2. The first-order chi connectivity index (χ1) is 15.0. The van der Waals surface area contributed by atoms with E-state index >= 15 is 0 Å². The highest BCUT2D eigenvalue weighted by Gasteiger charge is 2.12. The minimum Gasteiger partial charge on any atom is -0.497 e. The summed E-state index contributed by atoms with van der Waals surface area (Å²) in [5.74, 6) is 0.615. The van der Waals surface area contributed by atoms with Gasteiger partial charge in [-0.25, -0.2) is 10.2 Å². The Hall–Kier alpha value is -3.65. The molecule has 0 heterocycles. The number of carbonyl (C=O) groups excluding carboxylic acids is 2. The molecule has 0 fully saturated rings. The predicted molar refractivity (Wildman–Crippen MR) is 120 cm³/mol. The number of rotatable bonds is 7. The number of esters is 1. The third-order valence-electron chi connectivity index (χ3n) is 4.20. The monoisotopic (exact) mass is 482 g/mol. The number of methoxy groups -OCH3 is 2. The van der Waals surface area contributed by atoms with Crippen LogP contribution >= 0.6 is 15.9 Å². The lowest BCUT2D eigenvalue weighted by Gasteiger charge is -2.07. The Kier molecular flexibility index (Phi) is 7.40. The molecule has 0 bridgehead atoms. The molecule has 0 spiro atoms. The average molecular weight is 483 g/mol. The van der Waals surface area contributed by atoms with E-state index < -0.39 is 11.9 Å². The van der Waals surface area contributed by atoms with E-state index in [0.29, 0.717) is 33.9 Å². The molecule has 0 radical (unpaired) electrons. The summed E-state index contributed by atoms with van der Waals surface area (Å²) in [5, 5.41) is 3.96. The third-order valence-corrected chi connectivity index (χ3v) is 4.70. The van der Waals surface area contributed by atoms with Gasteiger partial charge in [0.05, 0.1) is 31.6 Å². The Bertz CT molecular complexity index is 1100. The highest BCUT2D eigenvalue weighted by Crippen LogP contribution is 2.22. The van der Waals surface area contributed by atoms with Crippen LogP contribution in [0.15, 0.2) is 76.3 Å². The van der Waals surface area contributed by atoms with Gasteiger partial charge < -0.3 is 14.2 Å². The Morgan fingerprint density at radius 2 is 1.58 bits per heavy atom. The molecule has 0 aliphatic carbocycles. The standard InChI is InChI=1S/C23H19BrN2O5/c1-29-18-10-5-16(6-11-18)23(28)31-19-8-3-15(4-9-19)14-25-26-22(27)20-13-17(24)7-12-21(20)30-2/h3-14H,1-2H3,(H,26,27)/b25-14-. The molecule has 31 heavy (non-hydrogen) atoms. The first-order valence-corrected chi connectivity index (χ1v) is 9.92. The fourth-order valence-electron chi connectivity index (χ4n) is 2.60. The molecule has 158 valence electrons. The van der Waals surface area contributed by atoms with Crippen LogP contribution in [0.3, 0.4) is 0 Å². The number of hydrazone groups is 1. The first-order valence-electron chi connectivity index (χ1n) is 9.13. The number of hydrogen-bond acceptors (Lipinski definition) is 6. The molecule has 8 heteroatoms. The molecule has 0 unspecified atom stereocenters. The first kappa shape index (κ1) is 22.0. The fraction of sp³-hybridized carbons (Fsp3) is 0.0870. The summed E-state index contributed by atoms with van der Waals surface area (Å²) in [6, 6.07) is 18.5. The van der Waals surface area contributed by atoms with E-state index in [0.717, 1.165) is 4.47 Å². The van der Waals surface area contributed by atoms with Crippen molar-refractivity contribution >= 4 is 34.0 Å². The van der Waals surface area contributed by atoms with Crippen molar-refractivity contribution in [3.63, 3.8) is 0 Å². The number of carbonyl (C=O) groups is 2. The summed E-state index contributed by atoms with van der Waals surface area (Å²) in [6.45, 7) is 0. The second-order valence-electron chi connectivity index (χ2n) is 6.23. The van der Waals surface area contributed by atoms with E-state index in [1.807, 2.05) is 0 Å². The van der Waals surface area contributed by atoms with Gasteiger partial charge in [-0.15, -0.1) is 0 Å². The van der Waals surface area contributed by atoms with Crippen molar-refractivity contribution in [2.24, 2.45) is 5.10 Å². The molecule has 0 aliphatic heterocycles. The molecule has 3 rings (SSSR count). The van der Waals surface area contributed by atoms with Crippen LogP contribution in [0, 0.1) is 0 Å². The van der Waals surface area contributed by atoms with Crippen LogP contribution < -0.4 is 19.6 Å². The molecule has 0 saturated heterocycles. The quantitative estimate of drug-likeness (QED) is 0.232. The van der Waals surface area contributed by atoms with E-state index in [9.17, 15) is 9.59 Å². The van der Waals surface area contributed by atoms with Gasteiger partial charge in [0.25, 0.3) is 5.91 Å². The number of nitrogens with one attached hydrogen (secondary N) is 1. The third kappa shape index (κ3) is 5.93. The van der Waals surface area contributed by atoms with E-state index in [2.05, 4.69) is 26.5 Å². The van der Waals surface area contributed by atoms with Gasteiger partial charge in [0.15, 0.2) is 0 Å². The van der Waals surface area contributed by atoms with Crippen LogP contribution in [-0.4, -0.2) is 32.3 Å². The van der Waals surface area contributed by atoms with Gasteiger partial charge in [0, 0.05) is 4.47 Å². The van der Waals surface area contributed by atoms with Crippen molar-refractivity contribution in [2.45, 2.75) is 0 Å². The average Bonchev–Trinajstić information content (AvgIpc) is 2.80. The maximum atomic E-state index is 12.3. The minimum atomic E-state index is -0.473. The Morgan fingerprint density at radius 1 is 0.903 bits per heavy atom. The van der Waals surface area contributed by atoms with Gasteiger partial charge in [0.1, 0.15) is 17.2 Å². The van der Waals surface area contributed by atoms with Crippen molar-refractivity contribution in [1.29, 1.82) is 0 Å². The highest BCUT2D eigenvalue weighted by atomic mass is 79.9. The number of hydrogen-bond donors (Lipinski definition) is 1. The van der Waals surface area contributed by atoms with E-state index in [1.165, 1.54) is 13.3 Å². The molecule has 0 atom stereocenters. The minimum absolute atomic E-state index is 0.356. The van der Waals surface area contributed by atoms with Crippen molar-refractivity contribution < 1.29 is 23.8 Å². The number of halogens is 1. The molecule has 1 amide bonds. The van der Waals surface area contributed by atoms with Gasteiger partial charge in [-0.3, -0.25) is 4.79 Å². The molecule has 3 aromatic rings. The van der Waals surface area contributed by atoms with Crippen molar-refractivity contribution in [3.8, 4) is 17.2 Å². The summed E-state index contributed by atoms with van der Waals surface area (Å²) in [7, 11) is 3.05. The fourth-order valence-corrected chi connectivity index (χ4v) is 2.96. The van der Waals surface area contributed by atoms with Crippen LogP contribution in [0.25, 0.3) is 0 Å². The van der Waals surface area contributed by atoms with Crippen LogP contribution in [0.1, 0.15) is 26.3 Å². The molecule has 7 nitrogen and oxygen atoms in total. The van der Waals surface area contributed by atoms with E-state index in [4.69, 9.17) is 14.2 Å². The molecule has 0 saturated carbocycles. The largest absolute Gasteiger partial charge is 0.497 e. The number of ether oxygens (including phenoxy) is 3. The Labute approximate surface area is 187 Å². The van der Waals surface area contributed by atoms with Gasteiger partial charge >= 0.3 is 5.97 Å². The molecule has 3 aromatic carbocycles. The van der Waals surface area contributed by atoms with Gasteiger partial charge in [-0.05, 0) is 72.3 Å². The maximum absolute atomic E-state index is 12.3. The van der Waals surface area contributed by atoms with Gasteiger partial charge in [-0.2, -0.15) is 5.10 Å². The zero-order chi connectivity index (χ0) is 22.2. The molecule has 0 aromatic heterocycles. The topological polar surface area (TPSA) is 86.2 Å². The lowest BCUT2D eigenvalue weighted by Crippen LogP contribution is -2.18. The molecular weight excluding hydrogens is 464 g/mol. The SMILES string of the molecule is COc1ccc(C(=O)Oc2ccc(/C=N\NC(=O)c3cc(Br)ccc3OC)cc2)cc1. The molecular formula is C23H19BrN2O5. The van der Waals surface area contributed by atoms with Crippen LogP contribution in [0.2, 0.25) is 0 Å². The highest BCUT2D eigenvalue weighted by molar-refractivity contribution is 9.10. The van der Waals surface area contributed by atoms with Crippen molar-refractivity contribution in [1.82, 2.24) is 5.43 Å². The second kappa shape index (κ2) is 10.4. The number of amides is 1. The van der Waals surface area contributed by atoms with E-state index in [1.54, 1.807) is 73.8 Å². The second-order valence-corrected chi connectivity index (χ2v) is 7.15. The van der Waals surface area contributed by atoms with Crippen LogP contribution in [0.4, 0.5) is 0 Å². The number of benzene rings is 3. The normalized spacial score (nSPS) is 10.5. The van der Waals surface area contributed by atoms with Gasteiger partial charge in [0.2, 0.25) is 0 Å². The summed E-state index contributed by atoms with van der Waals surface area (Å²) < 4.78 is 16.4. The molecule has 0 aliphatic rings. The summed E-state index contributed by atoms with van der Waals surface area (Å²) in [6.07, 6.45) is 1.48. The van der Waals surface area contributed by atoms with Gasteiger partial charge in [-0.1, -0.05) is 15.9 Å². The zero-order valence-corrected chi connectivity index (χ0v) is 18.4. The smallest absolute Gasteiger partial charge is 0.343 e.